The van der Waals surface area contributed by atoms with Crippen LogP contribution in [0.25, 0.3) is 10.9 Å². The zero-order valence-electron chi connectivity index (χ0n) is 17.4. The first kappa shape index (κ1) is 21.9. The minimum absolute atomic E-state index is 0.00304. The van der Waals surface area contributed by atoms with E-state index in [1.54, 1.807) is 12.1 Å². The zero-order chi connectivity index (χ0) is 22.0. The van der Waals surface area contributed by atoms with Gasteiger partial charge in [-0.1, -0.05) is 23.7 Å². The second-order valence-electron chi connectivity index (χ2n) is 7.99. The van der Waals surface area contributed by atoms with E-state index in [-0.39, 0.29) is 11.8 Å². The van der Waals surface area contributed by atoms with Crippen LogP contribution in [-0.4, -0.2) is 42.8 Å². The number of sulfonamides is 1. The first-order valence-corrected chi connectivity index (χ1v) is 12.2. The molecule has 31 heavy (non-hydrogen) atoms. The fourth-order valence-corrected chi connectivity index (χ4v) is 5.68. The summed E-state index contributed by atoms with van der Waals surface area (Å²) in [5.74, 6) is -0.162. The SMILES string of the molecule is Cn1ccc2cc(S(=O)(=O)N3CCC(C(=O)NCCc4ccc(Cl)cc4)CC3)ccc21. The molecular formula is C23H26ClN3O3S. The Labute approximate surface area is 187 Å². The third-order valence-electron chi connectivity index (χ3n) is 5.95. The minimum atomic E-state index is -3.57. The van der Waals surface area contributed by atoms with Crippen molar-refractivity contribution in [3.63, 3.8) is 0 Å². The highest BCUT2D eigenvalue weighted by Crippen LogP contribution is 2.26. The second-order valence-corrected chi connectivity index (χ2v) is 10.4. The topological polar surface area (TPSA) is 71.4 Å². The first-order chi connectivity index (χ1) is 14.8. The van der Waals surface area contributed by atoms with Crippen molar-refractivity contribution in [1.29, 1.82) is 0 Å². The van der Waals surface area contributed by atoms with Crippen LogP contribution >= 0.6 is 11.6 Å². The Morgan fingerprint density at radius 1 is 1.10 bits per heavy atom. The molecule has 0 atom stereocenters. The molecule has 0 radical (unpaired) electrons. The van der Waals surface area contributed by atoms with Crippen molar-refractivity contribution in [3.05, 3.63) is 65.3 Å². The highest BCUT2D eigenvalue weighted by Gasteiger charge is 2.32. The largest absolute Gasteiger partial charge is 0.356 e. The van der Waals surface area contributed by atoms with E-state index in [1.807, 2.05) is 54.2 Å². The number of aromatic nitrogens is 1. The number of nitrogens with one attached hydrogen (secondary N) is 1. The number of nitrogens with zero attached hydrogens (tertiary/aromatic N) is 2. The molecule has 4 rings (SSSR count). The van der Waals surface area contributed by atoms with Crippen LogP contribution < -0.4 is 5.32 Å². The van der Waals surface area contributed by atoms with Crippen molar-refractivity contribution in [2.75, 3.05) is 19.6 Å². The maximum absolute atomic E-state index is 13.1. The molecule has 1 fully saturated rings. The monoisotopic (exact) mass is 459 g/mol. The van der Waals surface area contributed by atoms with Crippen molar-refractivity contribution in [1.82, 2.24) is 14.2 Å². The molecule has 1 saturated heterocycles. The van der Waals surface area contributed by atoms with E-state index in [9.17, 15) is 13.2 Å². The van der Waals surface area contributed by atoms with Crippen LogP contribution in [0.4, 0.5) is 0 Å². The number of hydrogen-bond acceptors (Lipinski definition) is 3. The molecule has 0 spiro atoms. The van der Waals surface area contributed by atoms with Gasteiger partial charge in [0.25, 0.3) is 0 Å². The molecule has 2 aromatic carbocycles. The standard InChI is InChI=1S/C23H26ClN3O3S/c1-26-13-9-19-16-21(6-7-22(19)26)31(29,30)27-14-10-18(11-15-27)23(28)25-12-8-17-2-4-20(24)5-3-17/h2-7,9,13,16,18H,8,10-12,14-15H2,1H3,(H,25,28). The van der Waals surface area contributed by atoms with Crippen LogP contribution in [0.2, 0.25) is 5.02 Å². The smallest absolute Gasteiger partial charge is 0.243 e. The first-order valence-electron chi connectivity index (χ1n) is 10.4. The van der Waals surface area contributed by atoms with Gasteiger partial charge in [-0.05, 0) is 61.2 Å². The molecule has 0 unspecified atom stereocenters. The summed E-state index contributed by atoms with van der Waals surface area (Å²) in [5.41, 5.74) is 2.11. The Morgan fingerprint density at radius 3 is 2.52 bits per heavy atom. The molecule has 1 aromatic heterocycles. The summed E-state index contributed by atoms with van der Waals surface area (Å²) >= 11 is 5.89. The van der Waals surface area contributed by atoms with Gasteiger partial charge < -0.3 is 9.88 Å². The predicted octanol–water partition coefficient (Wildman–Crippen LogP) is 3.59. The molecule has 3 aromatic rings. The number of benzene rings is 2. The highest BCUT2D eigenvalue weighted by molar-refractivity contribution is 7.89. The summed E-state index contributed by atoms with van der Waals surface area (Å²) in [4.78, 5) is 12.8. The second kappa shape index (κ2) is 9.02. The van der Waals surface area contributed by atoms with Crippen LogP contribution in [0, 0.1) is 5.92 Å². The molecule has 6 nitrogen and oxygen atoms in total. The number of amides is 1. The molecule has 2 heterocycles. The van der Waals surface area contributed by atoms with Crippen molar-refractivity contribution >= 4 is 38.4 Å². The van der Waals surface area contributed by atoms with Gasteiger partial charge in [-0.15, -0.1) is 0 Å². The molecular weight excluding hydrogens is 434 g/mol. The summed E-state index contributed by atoms with van der Waals surface area (Å²) < 4.78 is 29.6. The lowest BCUT2D eigenvalue weighted by molar-refractivity contribution is -0.126. The molecule has 0 aliphatic carbocycles. The van der Waals surface area contributed by atoms with E-state index in [0.717, 1.165) is 22.9 Å². The molecule has 1 amide bonds. The van der Waals surface area contributed by atoms with Gasteiger partial charge in [0.2, 0.25) is 15.9 Å². The predicted molar refractivity (Wildman–Crippen MR) is 123 cm³/mol. The lowest BCUT2D eigenvalue weighted by Gasteiger charge is -2.30. The Hall–Kier alpha value is -2.35. The Balaban J connectivity index is 1.31. The van der Waals surface area contributed by atoms with Crippen LogP contribution in [0.1, 0.15) is 18.4 Å². The van der Waals surface area contributed by atoms with Gasteiger partial charge >= 0.3 is 0 Å². The number of carbonyl (C=O) groups excluding carboxylic acids is 1. The Kier molecular flexibility index (Phi) is 6.36. The maximum Gasteiger partial charge on any atom is 0.243 e. The quantitative estimate of drug-likeness (QED) is 0.612. The summed E-state index contributed by atoms with van der Waals surface area (Å²) in [5, 5.41) is 4.58. The number of halogens is 1. The number of fused-ring (bicyclic) bond motifs is 1. The van der Waals surface area contributed by atoms with Gasteiger partial charge in [0.1, 0.15) is 0 Å². The van der Waals surface area contributed by atoms with Gasteiger partial charge in [-0.25, -0.2) is 8.42 Å². The molecule has 1 N–H and O–H groups in total. The fourth-order valence-electron chi connectivity index (χ4n) is 4.05. The van der Waals surface area contributed by atoms with Crippen molar-refractivity contribution in [3.8, 4) is 0 Å². The average molecular weight is 460 g/mol. The molecule has 0 saturated carbocycles. The van der Waals surface area contributed by atoms with Crippen LogP contribution in [0.5, 0.6) is 0 Å². The Morgan fingerprint density at radius 2 is 1.81 bits per heavy atom. The average Bonchev–Trinajstić information content (AvgIpc) is 3.15. The van der Waals surface area contributed by atoms with E-state index >= 15 is 0 Å². The van der Waals surface area contributed by atoms with Gasteiger partial charge in [-0.3, -0.25) is 4.79 Å². The van der Waals surface area contributed by atoms with Crippen LogP contribution in [0.15, 0.2) is 59.6 Å². The zero-order valence-corrected chi connectivity index (χ0v) is 19.0. The van der Waals surface area contributed by atoms with E-state index in [4.69, 9.17) is 11.6 Å². The summed E-state index contributed by atoms with van der Waals surface area (Å²) in [6, 6.07) is 14.7. The molecule has 0 bridgehead atoms. The van der Waals surface area contributed by atoms with Gasteiger partial charge in [-0.2, -0.15) is 4.31 Å². The number of piperidine rings is 1. The van der Waals surface area contributed by atoms with Gasteiger partial charge in [0.05, 0.1) is 4.90 Å². The Bertz CT molecular complexity index is 1180. The number of aryl methyl sites for hydroxylation is 1. The summed E-state index contributed by atoms with van der Waals surface area (Å²) in [6.07, 6.45) is 3.70. The van der Waals surface area contributed by atoms with Crippen molar-refractivity contribution in [2.45, 2.75) is 24.2 Å². The highest BCUT2D eigenvalue weighted by atomic mass is 35.5. The van der Waals surface area contributed by atoms with E-state index in [2.05, 4.69) is 5.32 Å². The van der Waals surface area contributed by atoms with Crippen molar-refractivity contribution in [2.24, 2.45) is 13.0 Å². The summed E-state index contributed by atoms with van der Waals surface area (Å²) in [7, 11) is -1.64. The van der Waals surface area contributed by atoms with Crippen LogP contribution in [-0.2, 0) is 28.3 Å². The van der Waals surface area contributed by atoms with Gasteiger partial charge in [0, 0.05) is 54.7 Å². The lowest BCUT2D eigenvalue weighted by Crippen LogP contribution is -2.43. The number of hydrogen-bond donors (Lipinski definition) is 1. The maximum atomic E-state index is 13.1. The molecule has 164 valence electrons. The lowest BCUT2D eigenvalue weighted by atomic mass is 9.97. The van der Waals surface area contributed by atoms with E-state index < -0.39 is 10.0 Å². The van der Waals surface area contributed by atoms with Crippen LogP contribution in [0.3, 0.4) is 0 Å². The number of rotatable bonds is 6. The van der Waals surface area contributed by atoms with Gasteiger partial charge in [0.15, 0.2) is 0 Å². The normalized spacial score (nSPS) is 15.9. The van der Waals surface area contributed by atoms with E-state index in [1.165, 1.54) is 4.31 Å². The van der Waals surface area contributed by atoms with Crippen molar-refractivity contribution < 1.29 is 13.2 Å². The fraction of sp³-hybridized carbons (Fsp3) is 0.348. The third-order valence-corrected chi connectivity index (χ3v) is 8.09. The number of carbonyl (C=O) groups is 1. The van der Waals surface area contributed by atoms with E-state index in [0.29, 0.717) is 42.4 Å². The third kappa shape index (κ3) is 4.79. The molecule has 1 aliphatic heterocycles. The molecule has 1 aliphatic rings. The summed E-state index contributed by atoms with van der Waals surface area (Å²) in [6.45, 7) is 1.25. The molecule has 8 heteroatoms. The minimum Gasteiger partial charge on any atom is -0.356 e.